The fourth-order valence-electron chi connectivity index (χ4n) is 3.31. The third kappa shape index (κ3) is 5.71. The maximum atomic E-state index is 12.3. The molecule has 0 spiro atoms. The van der Waals surface area contributed by atoms with Crippen LogP contribution in [0.3, 0.4) is 0 Å². The minimum atomic E-state index is -3.92. The maximum absolute atomic E-state index is 12.3. The average Bonchev–Trinajstić information content (AvgIpc) is 2.47. The number of rotatable bonds is 6. The molecule has 0 heterocycles. The molecule has 1 rings (SSSR count). The fourth-order valence-corrected chi connectivity index (χ4v) is 4.51. The third-order valence-corrected chi connectivity index (χ3v) is 6.46. The first-order chi connectivity index (χ1) is 11.2. The number of carbonyl (C=O) groups is 1. The molecule has 0 unspecified atom stereocenters. The molecule has 0 bridgehead atoms. The van der Waals surface area contributed by atoms with E-state index in [0.29, 0.717) is 24.7 Å². The van der Waals surface area contributed by atoms with Crippen LogP contribution in [-0.4, -0.2) is 36.1 Å². The van der Waals surface area contributed by atoms with E-state index in [9.17, 15) is 13.2 Å². The van der Waals surface area contributed by atoms with Gasteiger partial charge in [0, 0.05) is 0 Å². The summed E-state index contributed by atoms with van der Waals surface area (Å²) in [4.78, 5) is 15.1. The Labute approximate surface area is 145 Å². The topological polar surface area (TPSA) is 96.8 Å². The fraction of sp³-hybridized carbons (Fsp3) is 0.882. The maximum Gasteiger partial charge on any atom is 0.488 e. The van der Waals surface area contributed by atoms with Crippen molar-refractivity contribution in [2.75, 3.05) is 5.75 Å². The van der Waals surface area contributed by atoms with Crippen molar-refractivity contribution in [1.29, 1.82) is 0 Å². The van der Waals surface area contributed by atoms with E-state index in [-0.39, 0.29) is 17.8 Å². The van der Waals surface area contributed by atoms with Gasteiger partial charge in [0.15, 0.2) is 0 Å². The zero-order chi connectivity index (χ0) is 18.3. The van der Waals surface area contributed by atoms with Crippen molar-refractivity contribution < 1.29 is 22.7 Å². The average molecular weight is 359 g/mol. The van der Waals surface area contributed by atoms with Gasteiger partial charge in [-0.05, 0) is 37.0 Å². The van der Waals surface area contributed by atoms with Gasteiger partial charge in [0.25, 0.3) is 9.84 Å². The van der Waals surface area contributed by atoms with E-state index in [1.807, 2.05) is 6.92 Å². The summed E-state index contributed by atoms with van der Waals surface area (Å²) in [5.41, 5.74) is 9.05. The minimum absolute atomic E-state index is 0.202. The number of hydrogen-bond acceptors (Lipinski definition) is 4. The number of ether oxygens (including phenoxy) is 1. The molecule has 1 saturated carbocycles. The minimum Gasteiger partial charge on any atom is -0.453 e. The zero-order valence-electron chi connectivity index (χ0n) is 15.2. The number of sulfone groups is 1. The molecular formula is C17H30N2O4S. The smallest absolute Gasteiger partial charge is 0.453 e. The Morgan fingerprint density at radius 1 is 1.29 bits per heavy atom. The lowest BCUT2D eigenvalue weighted by Crippen LogP contribution is -2.39. The van der Waals surface area contributed by atoms with Crippen LogP contribution in [-0.2, 0) is 19.4 Å². The molecule has 0 aromatic carbocycles. The SMILES string of the molecule is CCCCCS(=O)(=O)C(=[N+]=[N-])C(=O)O[C@@H]1C[C@H](C)CC[C@H]1C(C)C. The Bertz CT molecular complexity index is 579. The van der Waals surface area contributed by atoms with Crippen LogP contribution in [0.1, 0.15) is 66.2 Å². The number of esters is 1. The molecule has 3 atom stereocenters. The largest absolute Gasteiger partial charge is 0.488 e. The summed E-state index contributed by atoms with van der Waals surface area (Å²) in [5.74, 6) is -0.268. The van der Waals surface area contributed by atoms with Crippen LogP contribution in [0.2, 0.25) is 0 Å². The molecule has 1 aliphatic carbocycles. The second-order valence-electron chi connectivity index (χ2n) is 7.20. The summed E-state index contributed by atoms with van der Waals surface area (Å²) >= 11 is 0. The number of hydrogen-bond donors (Lipinski definition) is 0. The van der Waals surface area contributed by atoms with Gasteiger partial charge in [0.05, 0.1) is 5.75 Å². The van der Waals surface area contributed by atoms with Crippen molar-refractivity contribution in [2.45, 2.75) is 72.3 Å². The highest BCUT2D eigenvalue weighted by Crippen LogP contribution is 2.35. The van der Waals surface area contributed by atoms with Crippen molar-refractivity contribution in [1.82, 2.24) is 0 Å². The molecule has 0 aromatic rings. The second kappa shape index (κ2) is 9.33. The van der Waals surface area contributed by atoms with Crippen molar-refractivity contribution in [3.8, 4) is 0 Å². The number of nitrogens with zero attached hydrogens (tertiary/aromatic N) is 2. The molecule has 0 N–H and O–H groups in total. The van der Waals surface area contributed by atoms with Crippen molar-refractivity contribution in [2.24, 2.45) is 17.8 Å². The molecule has 138 valence electrons. The van der Waals surface area contributed by atoms with Gasteiger partial charge in [-0.25, -0.2) is 13.2 Å². The normalized spacial score (nSPS) is 24.5. The molecule has 0 aromatic heterocycles. The number of carbonyl (C=O) groups excluding carboxylic acids is 1. The standard InChI is InChI=1S/C17H30N2O4S/c1-5-6-7-10-24(21,22)16(19-18)17(20)23-15-11-13(4)8-9-14(15)12(2)3/h12-15H,5-11H2,1-4H3/t13-,14+,15-/m1/s1. The molecule has 6 nitrogen and oxygen atoms in total. The molecule has 7 heteroatoms. The quantitative estimate of drug-likeness (QED) is 0.182. The van der Waals surface area contributed by atoms with E-state index >= 15 is 0 Å². The summed E-state index contributed by atoms with van der Waals surface area (Å²) in [6.45, 7) is 8.20. The van der Waals surface area contributed by atoms with E-state index in [1.54, 1.807) is 0 Å². The van der Waals surface area contributed by atoms with Gasteiger partial charge in [-0.3, -0.25) is 0 Å². The Morgan fingerprint density at radius 2 is 1.96 bits per heavy atom. The number of unbranched alkanes of at least 4 members (excludes halogenated alkanes) is 2. The Hall–Kier alpha value is -1.20. The molecule has 1 aliphatic rings. The first-order valence-corrected chi connectivity index (χ1v) is 10.5. The highest BCUT2D eigenvalue weighted by molar-refractivity contribution is 8.07. The van der Waals surface area contributed by atoms with Crippen LogP contribution in [0, 0.1) is 17.8 Å². The van der Waals surface area contributed by atoms with E-state index in [2.05, 4.69) is 25.6 Å². The molecule has 0 amide bonds. The lowest BCUT2D eigenvalue weighted by Gasteiger charge is -2.36. The van der Waals surface area contributed by atoms with Crippen LogP contribution >= 0.6 is 0 Å². The van der Waals surface area contributed by atoms with E-state index < -0.39 is 20.9 Å². The third-order valence-electron chi connectivity index (χ3n) is 4.80. The summed E-state index contributed by atoms with van der Waals surface area (Å²) in [6.07, 6.45) is 4.44. The second-order valence-corrected chi connectivity index (χ2v) is 9.23. The molecule has 0 aliphatic heterocycles. The van der Waals surface area contributed by atoms with Gasteiger partial charge < -0.3 is 10.3 Å². The van der Waals surface area contributed by atoms with Gasteiger partial charge in [-0.15, -0.1) is 4.79 Å². The predicted molar refractivity (Wildman–Crippen MR) is 93.2 cm³/mol. The molecule has 0 radical (unpaired) electrons. The van der Waals surface area contributed by atoms with Crippen LogP contribution in [0.4, 0.5) is 0 Å². The van der Waals surface area contributed by atoms with Gasteiger partial charge in [-0.1, -0.05) is 47.0 Å². The molecule has 24 heavy (non-hydrogen) atoms. The van der Waals surface area contributed by atoms with Gasteiger partial charge >= 0.3 is 11.0 Å². The highest BCUT2D eigenvalue weighted by Gasteiger charge is 2.41. The van der Waals surface area contributed by atoms with Crippen LogP contribution in [0.5, 0.6) is 0 Å². The van der Waals surface area contributed by atoms with Crippen molar-refractivity contribution >= 4 is 20.9 Å². The summed E-state index contributed by atoms with van der Waals surface area (Å²) in [5, 5.41) is -0.862. The van der Waals surface area contributed by atoms with Crippen LogP contribution < -0.4 is 0 Å². The summed E-state index contributed by atoms with van der Waals surface area (Å²) < 4.78 is 29.9. The van der Waals surface area contributed by atoms with Crippen LogP contribution in [0.25, 0.3) is 5.53 Å². The Morgan fingerprint density at radius 3 is 2.50 bits per heavy atom. The lowest BCUT2D eigenvalue weighted by atomic mass is 9.75. The summed E-state index contributed by atoms with van der Waals surface area (Å²) in [6, 6.07) is 0. The zero-order valence-corrected chi connectivity index (χ0v) is 16.0. The highest BCUT2D eigenvalue weighted by atomic mass is 32.2. The van der Waals surface area contributed by atoms with E-state index in [0.717, 1.165) is 25.7 Å². The Balaban J connectivity index is 2.84. The predicted octanol–water partition coefficient (Wildman–Crippen LogP) is 3.22. The lowest BCUT2D eigenvalue weighted by molar-refractivity contribution is -0.151. The van der Waals surface area contributed by atoms with Crippen molar-refractivity contribution in [3.05, 3.63) is 5.53 Å². The monoisotopic (exact) mass is 358 g/mol. The van der Waals surface area contributed by atoms with Gasteiger partial charge in [0.1, 0.15) is 6.10 Å². The molecular weight excluding hydrogens is 328 g/mol. The van der Waals surface area contributed by atoms with E-state index in [4.69, 9.17) is 10.3 Å². The Kier molecular flexibility index (Phi) is 8.10. The molecule has 0 saturated heterocycles. The first kappa shape index (κ1) is 20.8. The van der Waals surface area contributed by atoms with Gasteiger partial charge in [-0.2, -0.15) is 0 Å². The van der Waals surface area contributed by atoms with Crippen LogP contribution in [0.15, 0.2) is 0 Å². The molecule has 1 fully saturated rings. The summed E-state index contributed by atoms with van der Waals surface area (Å²) in [7, 11) is -3.92. The van der Waals surface area contributed by atoms with Crippen molar-refractivity contribution in [3.63, 3.8) is 0 Å². The first-order valence-electron chi connectivity index (χ1n) is 8.88. The van der Waals surface area contributed by atoms with E-state index in [1.165, 1.54) is 0 Å². The van der Waals surface area contributed by atoms with Gasteiger partial charge in [0.2, 0.25) is 0 Å².